The van der Waals surface area contributed by atoms with E-state index in [2.05, 4.69) is 11.5 Å². The highest BCUT2D eigenvalue weighted by atomic mass is 35.5. The van der Waals surface area contributed by atoms with E-state index in [0.29, 0.717) is 6.54 Å². The third-order valence-electron chi connectivity index (χ3n) is 4.20. The van der Waals surface area contributed by atoms with Crippen LogP contribution in [-0.4, -0.2) is 16.1 Å². The van der Waals surface area contributed by atoms with Crippen molar-refractivity contribution in [3.05, 3.63) is 29.0 Å². The Morgan fingerprint density at radius 1 is 1.44 bits per heavy atom. The summed E-state index contributed by atoms with van der Waals surface area (Å²) in [7, 11) is 0. The highest BCUT2D eigenvalue weighted by Crippen LogP contribution is 2.43. The Hall–Kier alpha value is -1.06. The molecule has 1 aliphatic rings. The van der Waals surface area contributed by atoms with E-state index in [4.69, 9.17) is 22.3 Å². The molecule has 1 saturated carbocycles. The molecule has 0 saturated heterocycles. The fourth-order valence-corrected chi connectivity index (χ4v) is 3.11. The van der Waals surface area contributed by atoms with Crippen LogP contribution in [0.2, 0.25) is 5.02 Å². The lowest BCUT2D eigenvalue weighted by Crippen LogP contribution is -2.43. The molecule has 2 aromatic rings. The fourth-order valence-electron chi connectivity index (χ4n) is 2.94. The monoisotopic (exact) mass is 263 g/mol. The lowest BCUT2D eigenvalue weighted by atomic mass is 9.68. The number of aryl methyl sites for hydroxylation is 1. The van der Waals surface area contributed by atoms with Gasteiger partial charge in [-0.25, -0.2) is 4.98 Å². The van der Waals surface area contributed by atoms with E-state index in [0.717, 1.165) is 41.3 Å². The minimum atomic E-state index is 0.0987. The summed E-state index contributed by atoms with van der Waals surface area (Å²) in [6, 6.07) is 5.90. The zero-order chi connectivity index (χ0) is 12.8. The number of benzene rings is 1. The summed E-state index contributed by atoms with van der Waals surface area (Å²) < 4.78 is 2.27. The second-order valence-corrected chi connectivity index (χ2v) is 5.59. The molecular weight excluding hydrogens is 246 g/mol. The number of imidazole rings is 1. The van der Waals surface area contributed by atoms with Gasteiger partial charge in [-0.1, -0.05) is 18.0 Å². The summed E-state index contributed by atoms with van der Waals surface area (Å²) in [6.45, 7) is 3.74. The molecule has 96 valence electrons. The highest BCUT2D eigenvalue weighted by molar-refractivity contribution is 6.31. The summed E-state index contributed by atoms with van der Waals surface area (Å²) in [5.41, 5.74) is 8.24. The van der Waals surface area contributed by atoms with Gasteiger partial charge in [-0.3, -0.25) is 0 Å². The zero-order valence-electron chi connectivity index (χ0n) is 10.6. The van der Waals surface area contributed by atoms with Gasteiger partial charge in [-0.15, -0.1) is 0 Å². The smallest absolute Gasteiger partial charge is 0.117 e. The minimum absolute atomic E-state index is 0.0987. The van der Waals surface area contributed by atoms with Crippen molar-refractivity contribution >= 4 is 22.6 Å². The predicted molar refractivity (Wildman–Crippen MR) is 75.0 cm³/mol. The van der Waals surface area contributed by atoms with Gasteiger partial charge < -0.3 is 10.3 Å². The van der Waals surface area contributed by atoms with Crippen LogP contribution in [0.5, 0.6) is 0 Å². The number of rotatable bonds is 3. The van der Waals surface area contributed by atoms with Crippen LogP contribution in [0.25, 0.3) is 11.0 Å². The first-order valence-corrected chi connectivity index (χ1v) is 6.94. The summed E-state index contributed by atoms with van der Waals surface area (Å²) in [5.74, 6) is 1.15. The van der Waals surface area contributed by atoms with Crippen LogP contribution in [0.15, 0.2) is 18.2 Å². The number of fused-ring (bicyclic) bond motifs is 1. The van der Waals surface area contributed by atoms with Gasteiger partial charge in [-0.2, -0.15) is 0 Å². The van der Waals surface area contributed by atoms with Crippen LogP contribution >= 0.6 is 11.6 Å². The molecule has 0 radical (unpaired) electrons. The van der Waals surface area contributed by atoms with Crippen LogP contribution < -0.4 is 5.73 Å². The molecule has 0 atom stereocenters. The molecule has 2 N–H and O–H groups in total. The molecule has 0 bridgehead atoms. The maximum atomic E-state index is 6.09. The van der Waals surface area contributed by atoms with E-state index in [1.807, 2.05) is 18.2 Å². The second kappa shape index (κ2) is 4.25. The molecule has 3 nitrogen and oxygen atoms in total. The number of hydrogen-bond donors (Lipinski definition) is 1. The van der Waals surface area contributed by atoms with Gasteiger partial charge >= 0.3 is 0 Å². The molecule has 0 aliphatic heterocycles. The Labute approximate surface area is 112 Å². The van der Waals surface area contributed by atoms with Crippen molar-refractivity contribution in [1.82, 2.24) is 9.55 Å². The van der Waals surface area contributed by atoms with Crippen molar-refractivity contribution in [1.29, 1.82) is 0 Å². The first-order chi connectivity index (χ1) is 8.70. The molecule has 1 aliphatic carbocycles. The number of aromatic nitrogens is 2. The van der Waals surface area contributed by atoms with Crippen LogP contribution in [0.1, 0.15) is 32.0 Å². The fraction of sp³-hybridized carbons (Fsp3) is 0.500. The molecule has 1 heterocycles. The molecule has 3 rings (SSSR count). The normalized spacial score (nSPS) is 17.9. The Balaban J connectivity index is 2.23. The predicted octanol–water partition coefficient (Wildman–Crippen LogP) is 3.09. The summed E-state index contributed by atoms with van der Waals surface area (Å²) in [5, 5.41) is 0.763. The van der Waals surface area contributed by atoms with Gasteiger partial charge in [0.1, 0.15) is 5.82 Å². The molecule has 4 heteroatoms. The number of nitrogens with two attached hydrogens (primary N) is 1. The molecule has 0 spiro atoms. The largest absolute Gasteiger partial charge is 0.329 e. The van der Waals surface area contributed by atoms with E-state index in [1.165, 1.54) is 6.42 Å². The third-order valence-corrected chi connectivity index (χ3v) is 4.44. The quantitative estimate of drug-likeness (QED) is 0.925. The van der Waals surface area contributed by atoms with Gasteiger partial charge in [0.05, 0.1) is 11.0 Å². The molecule has 18 heavy (non-hydrogen) atoms. The van der Waals surface area contributed by atoms with Gasteiger partial charge in [0.2, 0.25) is 0 Å². The second-order valence-electron chi connectivity index (χ2n) is 5.15. The minimum Gasteiger partial charge on any atom is -0.329 e. The molecular formula is C14H18ClN3. The molecule has 0 amide bonds. The van der Waals surface area contributed by atoms with E-state index in [1.54, 1.807) is 0 Å². The average molecular weight is 264 g/mol. The first-order valence-electron chi connectivity index (χ1n) is 6.56. The standard InChI is InChI=1S/C14H18ClN3/c1-2-18-12-8-10(15)4-5-11(12)17-13(18)14(9-16)6-3-7-14/h4-5,8H,2-3,6-7,9,16H2,1H3. The summed E-state index contributed by atoms with van der Waals surface area (Å²) in [6.07, 6.45) is 3.56. The van der Waals surface area contributed by atoms with Gasteiger partial charge in [0, 0.05) is 23.5 Å². The van der Waals surface area contributed by atoms with Crippen molar-refractivity contribution in [2.45, 2.75) is 38.1 Å². The Morgan fingerprint density at radius 2 is 2.22 bits per heavy atom. The van der Waals surface area contributed by atoms with Crippen molar-refractivity contribution in [2.24, 2.45) is 5.73 Å². The van der Waals surface area contributed by atoms with Crippen LogP contribution in [0.4, 0.5) is 0 Å². The number of nitrogens with zero attached hydrogens (tertiary/aromatic N) is 2. The molecule has 1 fully saturated rings. The average Bonchev–Trinajstić information content (AvgIpc) is 2.66. The Kier molecular flexibility index (Phi) is 2.83. The van der Waals surface area contributed by atoms with E-state index >= 15 is 0 Å². The SMILES string of the molecule is CCn1c(C2(CN)CCC2)nc2ccc(Cl)cc21. The number of halogens is 1. The van der Waals surface area contributed by atoms with Crippen molar-refractivity contribution in [3.63, 3.8) is 0 Å². The van der Waals surface area contributed by atoms with Crippen molar-refractivity contribution in [3.8, 4) is 0 Å². The lowest BCUT2D eigenvalue weighted by molar-refractivity contribution is 0.231. The molecule has 1 aromatic heterocycles. The van der Waals surface area contributed by atoms with Gasteiger partial charge in [0.25, 0.3) is 0 Å². The maximum absolute atomic E-state index is 6.09. The zero-order valence-corrected chi connectivity index (χ0v) is 11.4. The summed E-state index contributed by atoms with van der Waals surface area (Å²) in [4.78, 5) is 4.81. The van der Waals surface area contributed by atoms with E-state index in [9.17, 15) is 0 Å². The maximum Gasteiger partial charge on any atom is 0.117 e. The highest BCUT2D eigenvalue weighted by Gasteiger charge is 2.41. The Bertz CT molecular complexity index is 578. The lowest BCUT2D eigenvalue weighted by Gasteiger charge is -2.40. The van der Waals surface area contributed by atoms with Gasteiger partial charge in [-0.05, 0) is 38.0 Å². The Morgan fingerprint density at radius 3 is 2.78 bits per heavy atom. The van der Waals surface area contributed by atoms with Crippen molar-refractivity contribution in [2.75, 3.05) is 6.54 Å². The van der Waals surface area contributed by atoms with E-state index < -0.39 is 0 Å². The molecule has 1 aromatic carbocycles. The van der Waals surface area contributed by atoms with Crippen molar-refractivity contribution < 1.29 is 0 Å². The van der Waals surface area contributed by atoms with E-state index in [-0.39, 0.29) is 5.41 Å². The topological polar surface area (TPSA) is 43.8 Å². The van der Waals surface area contributed by atoms with Gasteiger partial charge in [0.15, 0.2) is 0 Å². The van der Waals surface area contributed by atoms with Crippen LogP contribution in [0.3, 0.4) is 0 Å². The first kappa shape index (κ1) is 12.0. The number of hydrogen-bond acceptors (Lipinski definition) is 2. The van der Waals surface area contributed by atoms with Crippen LogP contribution in [-0.2, 0) is 12.0 Å². The third kappa shape index (κ3) is 1.57. The van der Waals surface area contributed by atoms with Crippen LogP contribution in [0, 0.1) is 0 Å². The molecule has 0 unspecified atom stereocenters. The summed E-state index contributed by atoms with van der Waals surface area (Å²) >= 11 is 6.09.